The van der Waals surface area contributed by atoms with E-state index in [0.29, 0.717) is 28.6 Å². The highest BCUT2D eigenvalue weighted by molar-refractivity contribution is 6.05. The number of anilines is 2. The summed E-state index contributed by atoms with van der Waals surface area (Å²) in [6.45, 7) is 3.53. The molecular weight excluding hydrogens is 218 g/mol. The molecule has 1 amide bonds. The second-order valence-corrected chi connectivity index (χ2v) is 3.72. The molecule has 2 aromatic rings. The maximum atomic E-state index is 11.9. The highest BCUT2D eigenvalue weighted by Crippen LogP contribution is 2.18. The summed E-state index contributed by atoms with van der Waals surface area (Å²) in [4.78, 5) is 15.9. The Morgan fingerprint density at radius 1 is 1.47 bits per heavy atom. The van der Waals surface area contributed by atoms with Crippen LogP contribution in [0, 0.1) is 13.8 Å². The van der Waals surface area contributed by atoms with Gasteiger partial charge in [0.2, 0.25) is 0 Å². The minimum atomic E-state index is -0.273. The molecule has 88 valence electrons. The predicted molar refractivity (Wildman–Crippen MR) is 64.8 cm³/mol. The molecule has 2 rings (SSSR count). The molecule has 0 saturated heterocycles. The van der Waals surface area contributed by atoms with E-state index in [2.05, 4.69) is 10.3 Å². The number of aromatic nitrogens is 1. The number of carbonyl (C=O) groups excluding carboxylic acids is 1. The molecule has 0 aliphatic rings. The monoisotopic (exact) mass is 231 g/mol. The van der Waals surface area contributed by atoms with Crippen molar-refractivity contribution in [3.05, 3.63) is 41.5 Å². The maximum Gasteiger partial charge on any atom is 0.260 e. The van der Waals surface area contributed by atoms with Gasteiger partial charge in [-0.1, -0.05) is 0 Å². The van der Waals surface area contributed by atoms with Crippen LogP contribution in [0.25, 0.3) is 0 Å². The van der Waals surface area contributed by atoms with Gasteiger partial charge in [0.05, 0.1) is 11.3 Å². The fraction of sp³-hybridized carbons (Fsp3) is 0.167. The fourth-order valence-electron chi connectivity index (χ4n) is 1.55. The van der Waals surface area contributed by atoms with Crippen molar-refractivity contribution in [3.8, 4) is 0 Å². The smallest absolute Gasteiger partial charge is 0.260 e. The predicted octanol–water partition coefficient (Wildman–Crippen LogP) is 2.13. The lowest BCUT2D eigenvalue weighted by Crippen LogP contribution is -2.14. The van der Waals surface area contributed by atoms with Crippen LogP contribution in [0.3, 0.4) is 0 Å². The molecule has 0 bridgehead atoms. The summed E-state index contributed by atoms with van der Waals surface area (Å²) in [5, 5.41) is 2.65. The molecule has 5 heteroatoms. The molecule has 5 nitrogen and oxygen atoms in total. The zero-order chi connectivity index (χ0) is 12.4. The Bertz CT molecular complexity index is 561. The maximum absolute atomic E-state index is 11.9. The van der Waals surface area contributed by atoms with Crippen LogP contribution in [0.1, 0.15) is 21.9 Å². The second kappa shape index (κ2) is 4.29. The lowest BCUT2D eigenvalue weighted by molar-refractivity contribution is 0.102. The number of nitrogens with two attached hydrogens (primary N) is 1. The zero-order valence-electron chi connectivity index (χ0n) is 9.65. The van der Waals surface area contributed by atoms with E-state index in [1.807, 2.05) is 0 Å². The number of nitrogens with zero attached hydrogens (tertiary/aromatic N) is 1. The number of amides is 1. The summed E-state index contributed by atoms with van der Waals surface area (Å²) in [6.07, 6.45) is 1.57. The van der Waals surface area contributed by atoms with Crippen LogP contribution >= 0.6 is 0 Å². The Labute approximate surface area is 98.6 Å². The van der Waals surface area contributed by atoms with Gasteiger partial charge in [0.15, 0.2) is 5.82 Å². The Kier molecular flexibility index (Phi) is 2.82. The van der Waals surface area contributed by atoms with Crippen molar-refractivity contribution in [2.45, 2.75) is 13.8 Å². The van der Waals surface area contributed by atoms with Crippen LogP contribution in [0.2, 0.25) is 0 Å². The lowest BCUT2D eigenvalue weighted by atomic mass is 10.2. The van der Waals surface area contributed by atoms with Crippen molar-refractivity contribution in [1.82, 2.24) is 4.98 Å². The second-order valence-electron chi connectivity index (χ2n) is 3.72. The molecule has 0 atom stereocenters. The number of nitrogen functional groups attached to an aromatic ring is 1. The van der Waals surface area contributed by atoms with Crippen molar-refractivity contribution >= 4 is 17.4 Å². The highest BCUT2D eigenvalue weighted by Gasteiger charge is 2.14. The quantitative estimate of drug-likeness (QED) is 0.829. The van der Waals surface area contributed by atoms with Crippen molar-refractivity contribution < 1.29 is 9.21 Å². The summed E-state index contributed by atoms with van der Waals surface area (Å²) in [5.41, 5.74) is 6.61. The van der Waals surface area contributed by atoms with Crippen molar-refractivity contribution in [3.63, 3.8) is 0 Å². The van der Waals surface area contributed by atoms with E-state index < -0.39 is 0 Å². The van der Waals surface area contributed by atoms with Gasteiger partial charge >= 0.3 is 0 Å². The number of rotatable bonds is 2. The van der Waals surface area contributed by atoms with Crippen molar-refractivity contribution in [2.75, 3.05) is 11.1 Å². The largest absolute Gasteiger partial charge is 0.466 e. The number of furan rings is 1. The summed E-state index contributed by atoms with van der Waals surface area (Å²) in [5.74, 6) is 1.36. The molecular formula is C12H13N3O2. The Morgan fingerprint density at radius 3 is 2.82 bits per heavy atom. The van der Waals surface area contributed by atoms with E-state index in [1.54, 1.807) is 38.2 Å². The molecule has 2 heterocycles. The fourth-order valence-corrected chi connectivity index (χ4v) is 1.55. The third kappa shape index (κ3) is 2.28. The van der Waals surface area contributed by atoms with E-state index in [-0.39, 0.29) is 5.91 Å². The van der Waals surface area contributed by atoms with Gasteiger partial charge in [0.25, 0.3) is 5.91 Å². The molecule has 0 saturated carbocycles. The molecule has 17 heavy (non-hydrogen) atoms. The van der Waals surface area contributed by atoms with Crippen LogP contribution < -0.4 is 11.1 Å². The van der Waals surface area contributed by atoms with E-state index in [0.717, 1.165) is 0 Å². The highest BCUT2D eigenvalue weighted by atomic mass is 16.3. The average molecular weight is 231 g/mol. The van der Waals surface area contributed by atoms with E-state index >= 15 is 0 Å². The van der Waals surface area contributed by atoms with Crippen LogP contribution in [0.15, 0.2) is 28.8 Å². The third-order valence-electron chi connectivity index (χ3n) is 2.36. The number of hydrogen-bond acceptors (Lipinski definition) is 4. The normalized spacial score (nSPS) is 10.2. The summed E-state index contributed by atoms with van der Waals surface area (Å²) in [7, 11) is 0. The first-order valence-corrected chi connectivity index (χ1v) is 5.17. The van der Waals surface area contributed by atoms with Gasteiger partial charge < -0.3 is 15.5 Å². The van der Waals surface area contributed by atoms with Gasteiger partial charge in [-0.25, -0.2) is 4.98 Å². The first-order valence-electron chi connectivity index (χ1n) is 5.17. The number of aryl methyl sites for hydroxylation is 2. The van der Waals surface area contributed by atoms with Gasteiger partial charge in [-0.2, -0.15) is 0 Å². The molecule has 0 radical (unpaired) electrons. The molecule has 0 spiro atoms. The van der Waals surface area contributed by atoms with Crippen LogP contribution in [-0.2, 0) is 0 Å². The summed E-state index contributed by atoms with van der Waals surface area (Å²) in [6, 6.07) is 5.07. The van der Waals surface area contributed by atoms with Gasteiger partial charge in [-0.05, 0) is 32.0 Å². The van der Waals surface area contributed by atoms with Crippen molar-refractivity contribution in [2.24, 2.45) is 0 Å². The Morgan fingerprint density at radius 2 is 2.24 bits per heavy atom. The number of nitrogens with one attached hydrogen (secondary N) is 1. The van der Waals surface area contributed by atoms with E-state index in [1.165, 1.54) is 0 Å². The lowest BCUT2D eigenvalue weighted by Gasteiger charge is -2.05. The van der Waals surface area contributed by atoms with Gasteiger partial charge in [0, 0.05) is 6.20 Å². The number of hydrogen-bond donors (Lipinski definition) is 2. The molecule has 0 fully saturated rings. The topological polar surface area (TPSA) is 81.2 Å². The molecule has 0 aliphatic carbocycles. The number of pyridine rings is 1. The Hall–Kier alpha value is -2.30. The number of carbonyl (C=O) groups is 1. The van der Waals surface area contributed by atoms with Crippen LogP contribution in [-0.4, -0.2) is 10.9 Å². The first-order chi connectivity index (χ1) is 8.08. The first kappa shape index (κ1) is 11.2. The summed E-state index contributed by atoms with van der Waals surface area (Å²) < 4.78 is 5.29. The van der Waals surface area contributed by atoms with Gasteiger partial charge in [-0.3, -0.25) is 4.79 Å². The molecule has 3 N–H and O–H groups in total. The van der Waals surface area contributed by atoms with Crippen LogP contribution in [0.4, 0.5) is 11.5 Å². The molecule has 0 aliphatic heterocycles. The molecule has 0 aromatic carbocycles. The zero-order valence-corrected chi connectivity index (χ0v) is 9.65. The van der Waals surface area contributed by atoms with Crippen LogP contribution in [0.5, 0.6) is 0 Å². The Balaban J connectivity index is 2.23. The minimum Gasteiger partial charge on any atom is -0.466 e. The SMILES string of the molecule is Cc1cc(C(=O)Nc2ncccc2N)c(C)o1. The standard InChI is InChI=1S/C12H13N3O2/c1-7-6-9(8(2)17-7)12(16)15-11-10(13)4-3-5-14-11/h3-6H,13H2,1-2H3,(H,14,15,16). The molecule has 2 aromatic heterocycles. The van der Waals surface area contributed by atoms with Gasteiger partial charge in [0.1, 0.15) is 11.5 Å². The van der Waals surface area contributed by atoms with Gasteiger partial charge in [-0.15, -0.1) is 0 Å². The third-order valence-corrected chi connectivity index (χ3v) is 2.36. The minimum absolute atomic E-state index is 0.273. The average Bonchev–Trinajstić information content (AvgIpc) is 2.61. The summed E-state index contributed by atoms with van der Waals surface area (Å²) >= 11 is 0. The van der Waals surface area contributed by atoms with E-state index in [9.17, 15) is 4.79 Å². The van der Waals surface area contributed by atoms with E-state index in [4.69, 9.17) is 10.2 Å². The molecule has 0 unspecified atom stereocenters. The van der Waals surface area contributed by atoms with Crippen molar-refractivity contribution in [1.29, 1.82) is 0 Å².